The molecule has 0 saturated carbocycles. The van der Waals surface area contributed by atoms with Crippen molar-refractivity contribution < 1.29 is 0 Å². The summed E-state index contributed by atoms with van der Waals surface area (Å²) in [4.78, 5) is 17.8. The first-order valence-corrected chi connectivity index (χ1v) is 11.1. The average molecular weight is 436 g/mol. The zero-order valence-corrected chi connectivity index (χ0v) is 18.7. The third kappa shape index (κ3) is 4.43. The zero-order valence-electron chi connectivity index (χ0n) is 18.7. The van der Waals surface area contributed by atoms with Gasteiger partial charge in [0.15, 0.2) is 0 Å². The van der Waals surface area contributed by atoms with Crippen molar-refractivity contribution in [1.82, 2.24) is 30.1 Å². The summed E-state index contributed by atoms with van der Waals surface area (Å²) < 4.78 is 0. The molecule has 5 aromatic rings. The number of nitrogens with one attached hydrogen (secondary N) is 2. The highest BCUT2D eigenvalue weighted by Crippen LogP contribution is 2.31. The molecule has 2 N–H and O–H groups in total. The first-order valence-electron chi connectivity index (χ1n) is 11.1. The summed E-state index contributed by atoms with van der Waals surface area (Å²) in [6.45, 7) is 5.01. The molecule has 7 heteroatoms. The molecule has 1 atom stereocenters. The minimum atomic E-state index is 0.327. The van der Waals surface area contributed by atoms with Gasteiger partial charge in [-0.15, -0.1) is 0 Å². The summed E-state index contributed by atoms with van der Waals surface area (Å²) in [6, 6.07) is 16.4. The van der Waals surface area contributed by atoms with Crippen molar-refractivity contribution in [2.75, 3.05) is 11.9 Å². The van der Waals surface area contributed by atoms with Crippen LogP contribution in [0.2, 0.25) is 0 Å². The van der Waals surface area contributed by atoms with Crippen molar-refractivity contribution in [2.45, 2.75) is 26.2 Å². The molecule has 0 aliphatic carbocycles. The van der Waals surface area contributed by atoms with Crippen LogP contribution in [-0.4, -0.2) is 36.7 Å². The Balaban J connectivity index is 1.30. The Kier molecular flexibility index (Phi) is 5.76. The molecule has 164 valence electrons. The standard InChI is InChI=1S/C26H25N7/c1-17(8-11-27-25-14-24(30-16-31-25)19-7-6-18(2)29-15-19)20-4-3-5-22-21(9-12-28-26(20)22)23-10-13-32-33-23/h3-7,9-10,12-17H,8,11H2,1-2H3,(H,32,33)(H,27,30,31). The third-order valence-electron chi connectivity index (χ3n) is 5.88. The Morgan fingerprint density at radius 3 is 2.73 bits per heavy atom. The number of nitrogens with zero attached hydrogens (tertiary/aromatic N) is 5. The Bertz CT molecular complexity index is 1360. The number of fused-ring (bicyclic) bond motifs is 1. The van der Waals surface area contributed by atoms with Gasteiger partial charge in [-0.05, 0) is 49.1 Å². The lowest BCUT2D eigenvalue weighted by Crippen LogP contribution is -2.08. The maximum atomic E-state index is 4.71. The molecule has 4 heterocycles. The molecular weight excluding hydrogens is 410 g/mol. The van der Waals surface area contributed by atoms with Crippen LogP contribution in [0.3, 0.4) is 0 Å². The Hall–Kier alpha value is -4.13. The van der Waals surface area contributed by atoms with E-state index in [4.69, 9.17) is 4.98 Å². The van der Waals surface area contributed by atoms with Crippen LogP contribution in [0.1, 0.15) is 30.5 Å². The largest absolute Gasteiger partial charge is 0.370 e. The molecule has 0 spiro atoms. The van der Waals surface area contributed by atoms with Crippen LogP contribution in [0.25, 0.3) is 33.4 Å². The van der Waals surface area contributed by atoms with Crippen LogP contribution in [0.4, 0.5) is 5.82 Å². The normalized spacial score (nSPS) is 12.1. The van der Waals surface area contributed by atoms with Gasteiger partial charge < -0.3 is 5.32 Å². The van der Waals surface area contributed by atoms with E-state index in [9.17, 15) is 0 Å². The molecule has 0 amide bonds. The van der Waals surface area contributed by atoms with E-state index in [1.165, 1.54) is 5.56 Å². The highest BCUT2D eigenvalue weighted by molar-refractivity contribution is 5.95. The van der Waals surface area contributed by atoms with Crippen LogP contribution in [0, 0.1) is 6.92 Å². The van der Waals surface area contributed by atoms with E-state index in [0.29, 0.717) is 5.92 Å². The molecule has 0 aliphatic rings. The summed E-state index contributed by atoms with van der Waals surface area (Å²) in [5, 5.41) is 11.7. The van der Waals surface area contributed by atoms with Gasteiger partial charge in [-0.3, -0.25) is 15.1 Å². The van der Waals surface area contributed by atoms with Crippen LogP contribution in [-0.2, 0) is 0 Å². The highest BCUT2D eigenvalue weighted by Gasteiger charge is 2.14. The smallest absolute Gasteiger partial charge is 0.129 e. The number of hydrogen-bond donors (Lipinski definition) is 2. The SMILES string of the molecule is Cc1ccc(-c2cc(NCCC(C)c3cccc4c(-c5ccn[nH]5)ccnc34)ncn2)cn1. The lowest BCUT2D eigenvalue weighted by atomic mass is 9.93. The molecule has 4 aromatic heterocycles. The number of rotatable bonds is 7. The third-order valence-corrected chi connectivity index (χ3v) is 5.88. The predicted octanol–water partition coefficient (Wildman–Crippen LogP) is 5.39. The van der Waals surface area contributed by atoms with Crippen molar-refractivity contribution in [3.8, 4) is 22.5 Å². The minimum Gasteiger partial charge on any atom is -0.370 e. The molecule has 1 unspecified atom stereocenters. The van der Waals surface area contributed by atoms with Crippen LogP contribution in [0.15, 0.2) is 73.4 Å². The number of anilines is 1. The molecule has 7 nitrogen and oxygen atoms in total. The molecule has 0 saturated heterocycles. The second kappa shape index (κ2) is 9.16. The zero-order chi connectivity index (χ0) is 22.6. The maximum Gasteiger partial charge on any atom is 0.129 e. The number of aromatic amines is 1. The first-order chi connectivity index (χ1) is 16.2. The van der Waals surface area contributed by atoms with Gasteiger partial charge in [0, 0.05) is 53.4 Å². The second-order valence-electron chi connectivity index (χ2n) is 8.17. The molecule has 1 aromatic carbocycles. The Morgan fingerprint density at radius 2 is 1.91 bits per heavy atom. The number of benzene rings is 1. The van der Waals surface area contributed by atoms with Gasteiger partial charge in [-0.1, -0.05) is 25.1 Å². The molecule has 0 fully saturated rings. The fourth-order valence-corrected chi connectivity index (χ4v) is 4.04. The average Bonchev–Trinajstić information content (AvgIpc) is 3.39. The fraction of sp³-hybridized carbons (Fsp3) is 0.192. The van der Waals surface area contributed by atoms with E-state index >= 15 is 0 Å². The number of aryl methyl sites for hydroxylation is 1. The number of H-pyrrole nitrogens is 1. The van der Waals surface area contributed by atoms with Gasteiger partial charge in [0.1, 0.15) is 12.1 Å². The summed E-state index contributed by atoms with van der Waals surface area (Å²) in [5.41, 5.74) is 7.21. The van der Waals surface area contributed by atoms with E-state index in [1.807, 2.05) is 49.6 Å². The van der Waals surface area contributed by atoms with Gasteiger partial charge in [0.05, 0.1) is 16.9 Å². The van der Waals surface area contributed by atoms with Crippen LogP contribution < -0.4 is 5.32 Å². The molecule has 5 rings (SSSR count). The molecule has 33 heavy (non-hydrogen) atoms. The summed E-state index contributed by atoms with van der Waals surface area (Å²) >= 11 is 0. The topological polar surface area (TPSA) is 92.3 Å². The highest BCUT2D eigenvalue weighted by atomic mass is 15.1. The van der Waals surface area contributed by atoms with Crippen molar-refractivity contribution in [3.63, 3.8) is 0 Å². The molecule has 0 aliphatic heterocycles. The molecule has 0 radical (unpaired) electrons. The van der Waals surface area contributed by atoms with Gasteiger partial charge in [-0.2, -0.15) is 5.10 Å². The number of pyridine rings is 2. The lowest BCUT2D eigenvalue weighted by Gasteiger charge is -2.16. The van der Waals surface area contributed by atoms with Gasteiger partial charge in [0.2, 0.25) is 0 Å². The molecular formula is C26H25N7. The first kappa shape index (κ1) is 20.8. The van der Waals surface area contributed by atoms with E-state index in [-0.39, 0.29) is 0 Å². The number of hydrogen-bond acceptors (Lipinski definition) is 6. The summed E-state index contributed by atoms with van der Waals surface area (Å²) in [7, 11) is 0. The Labute approximate surface area is 192 Å². The van der Waals surface area contributed by atoms with E-state index in [0.717, 1.165) is 57.9 Å². The number of aromatic nitrogens is 6. The van der Waals surface area contributed by atoms with Crippen molar-refractivity contribution in [1.29, 1.82) is 0 Å². The van der Waals surface area contributed by atoms with Crippen molar-refractivity contribution >= 4 is 16.7 Å². The van der Waals surface area contributed by atoms with Gasteiger partial charge >= 0.3 is 0 Å². The van der Waals surface area contributed by atoms with Gasteiger partial charge in [0.25, 0.3) is 0 Å². The van der Waals surface area contributed by atoms with Crippen LogP contribution in [0.5, 0.6) is 0 Å². The summed E-state index contributed by atoms with van der Waals surface area (Å²) in [6.07, 6.45) is 8.02. The van der Waals surface area contributed by atoms with Crippen molar-refractivity contribution in [3.05, 3.63) is 84.7 Å². The fourth-order valence-electron chi connectivity index (χ4n) is 4.04. The van der Waals surface area contributed by atoms with E-state index < -0.39 is 0 Å². The van der Waals surface area contributed by atoms with Crippen LogP contribution >= 0.6 is 0 Å². The minimum absolute atomic E-state index is 0.327. The maximum absolute atomic E-state index is 4.71. The van der Waals surface area contributed by atoms with Crippen molar-refractivity contribution in [2.24, 2.45) is 0 Å². The predicted molar refractivity (Wildman–Crippen MR) is 131 cm³/mol. The van der Waals surface area contributed by atoms with E-state index in [2.05, 4.69) is 55.6 Å². The second-order valence-corrected chi connectivity index (χ2v) is 8.17. The van der Waals surface area contributed by atoms with E-state index in [1.54, 1.807) is 12.5 Å². The summed E-state index contributed by atoms with van der Waals surface area (Å²) in [5.74, 6) is 1.14. The van der Waals surface area contributed by atoms with Gasteiger partial charge in [-0.25, -0.2) is 9.97 Å². The Morgan fingerprint density at radius 1 is 0.970 bits per heavy atom. The lowest BCUT2D eigenvalue weighted by molar-refractivity contribution is 0.708. The number of para-hydroxylation sites is 1. The monoisotopic (exact) mass is 435 g/mol. The molecule has 0 bridgehead atoms. The quantitative estimate of drug-likeness (QED) is 0.356.